The van der Waals surface area contributed by atoms with E-state index in [1.807, 2.05) is 19.1 Å². The maximum absolute atomic E-state index is 12.6. The van der Waals surface area contributed by atoms with E-state index < -0.39 is 0 Å². The number of aromatic amines is 1. The molecule has 4 aromatic rings. The molecular weight excluding hydrogens is 348 g/mol. The molecule has 1 unspecified atom stereocenters. The van der Waals surface area contributed by atoms with Gasteiger partial charge in [-0.05, 0) is 54.2 Å². The highest BCUT2D eigenvalue weighted by atomic mass is 16.5. The number of fused-ring (bicyclic) bond motifs is 3. The molecule has 1 atom stereocenters. The van der Waals surface area contributed by atoms with Crippen molar-refractivity contribution in [3.8, 4) is 16.9 Å². The first-order valence-corrected chi connectivity index (χ1v) is 9.63. The molecule has 0 spiro atoms. The zero-order valence-corrected chi connectivity index (χ0v) is 16.7. The van der Waals surface area contributed by atoms with Crippen molar-refractivity contribution in [3.05, 3.63) is 70.1 Å². The number of pyridine rings is 2. The summed E-state index contributed by atoms with van der Waals surface area (Å²) in [6, 6.07) is 14.2. The second kappa shape index (κ2) is 7.12. The number of ether oxygens (including phenoxy) is 1. The average Bonchev–Trinajstić information content (AvgIpc) is 2.74. The van der Waals surface area contributed by atoms with Gasteiger partial charge in [0, 0.05) is 17.1 Å². The lowest BCUT2D eigenvalue weighted by Crippen LogP contribution is -2.09. The highest BCUT2D eigenvalue weighted by Crippen LogP contribution is 2.40. The average molecular weight is 372 g/mol. The van der Waals surface area contributed by atoms with Crippen LogP contribution in [0.1, 0.15) is 37.3 Å². The van der Waals surface area contributed by atoms with Gasteiger partial charge in [-0.3, -0.25) is 9.78 Å². The molecule has 2 heterocycles. The lowest BCUT2D eigenvalue weighted by atomic mass is 9.92. The lowest BCUT2D eigenvalue weighted by molar-refractivity contribution is 0.416. The van der Waals surface area contributed by atoms with Crippen molar-refractivity contribution in [2.24, 2.45) is 0 Å². The topological polar surface area (TPSA) is 55.0 Å². The number of hydrogen-bond donors (Lipinski definition) is 1. The van der Waals surface area contributed by atoms with E-state index in [2.05, 4.69) is 48.1 Å². The molecule has 0 bridgehead atoms. The molecule has 0 aliphatic heterocycles. The molecular formula is C24H24N2O2. The Morgan fingerprint density at radius 3 is 2.61 bits per heavy atom. The molecule has 2 aromatic carbocycles. The number of methoxy groups -OCH3 is 1. The van der Waals surface area contributed by atoms with Crippen LogP contribution in [0.2, 0.25) is 0 Å². The van der Waals surface area contributed by atoms with Gasteiger partial charge in [0.2, 0.25) is 0 Å². The SMILES string of the molecule is CCC(C)c1ccc(-c2c(OC)cc(C)c3[nH]c(=O)c4cccnc4c23)cc1. The summed E-state index contributed by atoms with van der Waals surface area (Å²) in [5.74, 6) is 1.30. The molecule has 0 aliphatic rings. The fourth-order valence-corrected chi connectivity index (χ4v) is 3.81. The van der Waals surface area contributed by atoms with Gasteiger partial charge < -0.3 is 9.72 Å². The van der Waals surface area contributed by atoms with E-state index in [-0.39, 0.29) is 5.56 Å². The standard InChI is InChI=1S/C24H24N2O2/c1-5-14(2)16-8-10-17(11-9-16)20-19(28-4)13-15(3)22-21(20)23-18(24(27)26-22)7-6-12-25-23/h6-14H,5H2,1-4H3,(H,26,27). The van der Waals surface area contributed by atoms with Crippen LogP contribution < -0.4 is 10.3 Å². The smallest absolute Gasteiger partial charge is 0.257 e. The van der Waals surface area contributed by atoms with Crippen LogP contribution >= 0.6 is 0 Å². The highest BCUT2D eigenvalue weighted by Gasteiger charge is 2.18. The molecule has 0 radical (unpaired) electrons. The number of aryl methyl sites for hydroxylation is 1. The minimum Gasteiger partial charge on any atom is -0.496 e. The third-order valence-electron chi connectivity index (χ3n) is 5.62. The van der Waals surface area contributed by atoms with Gasteiger partial charge in [-0.1, -0.05) is 38.1 Å². The number of rotatable bonds is 4. The molecule has 28 heavy (non-hydrogen) atoms. The molecule has 2 aromatic heterocycles. The first-order valence-electron chi connectivity index (χ1n) is 9.63. The summed E-state index contributed by atoms with van der Waals surface area (Å²) in [6.07, 6.45) is 2.83. The Bertz CT molecular complexity index is 1220. The van der Waals surface area contributed by atoms with Crippen molar-refractivity contribution in [1.82, 2.24) is 9.97 Å². The summed E-state index contributed by atoms with van der Waals surface area (Å²) in [5.41, 5.74) is 5.66. The van der Waals surface area contributed by atoms with E-state index >= 15 is 0 Å². The Morgan fingerprint density at radius 2 is 1.93 bits per heavy atom. The predicted molar refractivity (Wildman–Crippen MR) is 115 cm³/mol. The van der Waals surface area contributed by atoms with Crippen LogP contribution in [0.15, 0.2) is 53.5 Å². The first-order chi connectivity index (χ1) is 13.5. The van der Waals surface area contributed by atoms with Crippen LogP contribution in [-0.4, -0.2) is 17.1 Å². The van der Waals surface area contributed by atoms with Gasteiger partial charge >= 0.3 is 0 Å². The Balaban J connectivity index is 2.11. The minimum atomic E-state index is -0.123. The van der Waals surface area contributed by atoms with Gasteiger partial charge in [0.25, 0.3) is 5.56 Å². The molecule has 0 aliphatic carbocycles. The summed E-state index contributed by atoms with van der Waals surface area (Å²) in [6.45, 7) is 6.41. The van der Waals surface area contributed by atoms with Gasteiger partial charge in [0.15, 0.2) is 0 Å². The fourth-order valence-electron chi connectivity index (χ4n) is 3.81. The van der Waals surface area contributed by atoms with Crippen LogP contribution in [0, 0.1) is 6.92 Å². The third kappa shape index (κ3) is 2.85. The van der Waals surface area contributed by atoms with E-state index in [0.717, 1.165) is 39.8 Å². The van der Waals surface area contributed by atoms with Crippen molar-refractivity contribution in [1.29, 1.82) is 0 Å². The van der Waals surface area contributed by atoms with E-state index in [1.165, 1.54) is 5.56 Å². The third-order valence-corrected chi connectivity index (χ3v) is 5.62. The summed E-state index contributed by atoms with van der Waals surface area (Å²) in [7, 11) is 1.68. The second-order valence-corrected chi connectivity index (χ2v) is 7.31. The van der Waals surface area contributed by atoms with Gasteiger partial charge in [0.05, 0.1) is 23.5 Å². The largest absolute Gasteiger partial charge is 0.496 e. The van der Waals surface area contributed by atoms with Crippen LogP contribution in [0.4, 0.5) is 0 Å². The summed E-state index contributed by atoms with van der Waals surface area (Å²) >= 11 is 0. The number of benzene rings is 2. The van der Waals surface area contributed by atoms with Crippen molar-refractivity contribution in [2.45, 2.75) is 33.1 Å². The van der Waals surface area contributed by atoms with E-state index in [1.54, 1.807) is 19.4 Å². The monoisotopic (exact) mass is 372 g/mol. The zero-order valence-electron chi connectivity index (χ0n) is 16.7. The maximum atomic E-state index is 12.6. The van der Waals surface area contributed by atoms with E-state index in [4.69, 9.17) is 4.74 Å². The van der Waals surface area contributed by atoms with E-state index in [0.29, 0.717) is 16.8 Å². The molecule has 0 fully saturated rings. The summed E-state index contributed by atoms with van der Waals surface area (Å²) in [4.78, 5) is 20.2. The zero-order chi connectivity index (χ0) is 19.8. The molecule has 0 saturated carbocycles. The minimum absolute atomic E-state index is 0.123. The number of hydrogen-bond acceptors (Lipinski definition) is 3. The van der Waals surface area contributed by atoms with Crippen molar-refractivity contribution in [2.75, 3.05) is 7.11 Å². The van der Waals surface area contributed by atoms with Crippen LogP contribution in [0.25, 0.3) is 32.9 Å². The van der Waals surface area contributed by atoms with Gasteiger partial charge in [-0.2, -0.15) is 0 Å². The molecule has 4 rings (SSSR count). The summed E-state index contributed by atoms with van der Waals surface area (Å²) in [5, 5.41) is 1.50. The normalized spacial score (nSPS) is 12.4. The van der Waals surface area contributed by atoms with Crippen molar-refractivity contribution in [3.63, 3.8) is 0 Å². The summed E-state index contributed by atoms with van der Waals surface area (Å²) < 4.78 is 5.75. The second-order valence-electron chi connectivity index (χ2n) is 7.31. The number of aromatic nitrogens is 2. The number of nitrogens with zero attached hydrogens (tertiary/aromatic N) is 1. The predicted octanol–water partition coefficient (Wildman–Crippen LogP) is 5.57. The van der Waals surface area contributed by atoms with Gasteiger partial charge in [-0.15, -0.1) is 0 Å². The Labute approximate surface area is 164 Å². The fraction of sp³-hybridized carbons (Fsp3) is 0.250. The highest BCUT2D eigenvalue weighted by molar-refractivity contribution is 6.13. The first kappa shape index (κ1) is 18.2. The van der Waals surface area contributed by atoms with Gasteiger partial charge in [-0.25, -0.2) is 0 Å². The Kier molecular flexibility index (Phi) is 4.63. The Hall–Kier alpha value is -3.14. The van der Waals surface area contributed by atoms with Crippen LogP contribution in [-0.2, 0) is 0 Å². The Morgan fingerprint density at radius 1 is 1.18 bits per heavy atom. The molecule has 4 heteroatoms. The molecule has 4 nitrogen and oxygen atoms in total. The van der Waals surface area contributed by atoms with Gasteiger partial charge in [0.1, 0.15) is 5.75 Å². The number of H-pyrrole nitrogens is 1. The lowest BCUT2D eigenvalue weighted by Gasteiger charge is -2.17. The van der Waals surface area contributed by atoms with Crippen LogP contribution in [0.3, 0.4) is 0 Å². The van der Waals surface area contributed by atoms with Crippen molar-refractivity contribution < 1.29 is 4.74 Å². The molecule has 0 amide bonds. The molecule has 0 saturated heterocycles. The van der Waals surface area contributed by atoms with E-state index in [9.17, 15) is 4.79 Å². The quantitative estimate of drug-likeness (QED) is 0.476. The maximum Gasteiger partial charge on any atom is 0.257 e. The van der Waals surface area contributed by atoms with Crippen molar-refractivity contribution >= 4 is 21.8 Å². The molecule has 1 N–H and O–H groups in total. The van der Waals surface area contributed by atoms with Crippen LogP contribution in [0.5, 0.6) is 5.75 Å². The number of nitrogens with one attached hydrogen (secondary N) is 1. The molecule has 142 valence electrons.